The molecule has 0 amide bonds. The topological polar surface area (TPSA) is 95.9 Å². The molecule has 3 aliphatic rings. The van der Waals surface area contributed by atoms with Crippen LogP contribution in [0.25, 0.3) is 0 Å². The van der Waals surface area contributed by atoms with E-state index in [-0.39, 0.29) is 36.5 Å². The van der Waals surface area contributed by atoms with Gasteiger partial charge in [0.1, 0.15) is 0 Å². The summed E-state index contributed by atoms with van der Waals surface area (Å²) < 4.78 is 12.4. The Bertz CT molecular complexity index is 1110. The van der Waals surface area contributed by atoms with Crippen LogP contribution < -0.4 is 5.48 Å². The zero-order valence-electron chi connectivity index (χ0n) is 23.6. The van der Waals surface area contributed by atoms with Gasteiger partial charge in [0.25, 0.3) is 0 Å². The van der Waals surface area contributed by atoms with Gasteiger partial charge in [-0.2, -0.15) is 10.6 Å². The molecule has 0 aliphatic carbocycles. The van der Waals surface area contributed by atoms with Crippen molar-refractivity contribution in [2.45, 2.75) is 76.1 Å². The van der Waals surface area contributed by atoms with Gasteiger partial charge in [-0.3, -0.25) is 19.5 Å². The SMILES string of the molecule is CC1CN(N=Cc2ccc(C3CC(CC4(OCc5ccccc5)CCN(CC(=O)O)CC4)ON3)cc2)CC(C)O1. The van der Waals surface area contributed by atoms with E-state index in [1.165, 1.54) is 5.56 Å². The van der Waals surface area contributed by atoms with Crippen LogP contribution in [0.1, 0.15) is 62.3 Å². The fraction of sp³-hybridized carbons (Fsp3) is 0.548. The zero-order chi connectivity index (χ0) is 28.0. The summed E-state index contributed by atoms with van der Waals surface area (Å²) in [4.78, 5) is 19.3. The lowest BCUT2D eigenvalue weighted by atomic mass is 9.84. The Labute approximate surface area is 237 Å². The molecule has 0 bridgehead atoms. The Morgan fingerprint density at radius 2 is 1.80 bits per heavy atom. The summed E-state index contributed by atoms with van der Waals surface area (Å²) in [5.74, 6) is -0.786. The van der Waals surface area contributed by atoms with E-state index in [0.717, 1.165) is 49.9 Å². The summed E-state index contributed by atoms with van der Waals surface area (Å²) in [6.07, 6.45) is 5.49. The summed E-state index contributed by atoms with van der Waals surface area (Å²) in [5.41, 5.74) is 6.29. The highest BCUT2D eigenvalue weighted by Gasteiger charge is 2.41. The van der Waals surface area contributed by atoms with Gasteiger partial charge in [-0.25, -0.2) is 0 Å². The summed E-state index contributed by atoms with van der Waals surface area (Å²) in [7, 11) is 0. The van der Waals surface area contributed by atoms with Gasteiger partial charge in [-0.1, -0.05) is 54.6 Å². The van der Waals surface area contributed by atoms with E-state index in [2.05, 4.69) is 65.8 Å². The molecule has 40 heavy (non-hydrogen) atoms. The summed E-state index contributed by atoms with van der Waals surface area (Å²) >= 11 is 0. The minimum atomic E-state index is -0.786. The van der Waals surface area contributed by atoms with Crippen LogP contribution in [-0.4, -0.2) is 83.8 Å². The average Bonchev–Trinajstić information content (AvgIpc) is 3.40. The molecule has 0 radical (unpaired) electrons. The molecule has 4 atom stereocenters. The van der Waals surface area contributed by atoms with Gasteiger partial charge in [0.05, 0.1) is 62.4 Å². The minimum Gasteiger partial charge on any atom is -0.480 e. The highest BCUT2D eigenvalue weighted by Crippen LogP contribution is 2.37. The van der Waals surface area contributed by atoms with E-state index in [1.807, 2.05) is 29.3 Å². The number of morpholine rings is 1. The number of hydrazone groups is 1. The third-order valence-electron chi connectivity index (χ3n) is 8.10. The lowest BCUT2D eigenvalue weighted by molar-refractivity contribution is -0.143. The number of likely N-dealkylation sites (tertiary alicyclic amines) is 1. The van der Waals surface area contributed by atoms with Crippen molar-refractivity contribution < 1.29 is 24.2 Å². The summed E-state index contributed by atoms with van der Waals surface area (Å²) in [6.45, 7) is 7.78. The van der Waals surface area contributed by atoms with Crippen LogP contribution >= 0.6 is 0 Å². The predicted molar refractivity (Wildman–Crippen MR) is 153 cm³/mol. The molecule has 0 saturated carbocycles. The van der Waals surface area contributed by atoms with E-state index in [0.29, 0.717) is 19.7 Å². The van der Waals surface area contributed by atoms with Gasteiger partial charge in [-0.05, 0) is 49.8 Å². The number of ether oxygens (including phenoxy) is 2. The van der Waals surface area contributed by atoms with Crippen molar-refractivity contribution in [3.8, 4) is 0 Å². The molecule has 4 unspecified atom stereocenters. The molecule has 3 aliphatic heterocycles. The Morgan fingerprint density at radius 3 is 2.48 bits per heavy atom. The second-order valence-electron chi connectivity index (χ2n) is 11.5. The molecule has 0 aromatic heterocycles. The van der Waals surface area contributed by atoms with E-state index < -0.39 is 5.97 Å². The summed E-state index contributed by atoms with van der Waals surface area (Å²) in [5, 5.41) is 16.0. The molecule has 216 valence electrons. The normalized spacial score (nSPS) is 27.3. The molecule has 2 N–H and O–H groups in total. The highest BCUT2D eigenvalue weighted by atomic mass is 16.7. The molecule has 9 heteroatoms. The second kappa shape index (κ2) is 13.2. The third-order valence-corrected chi connectivity index (χ3v) is 8.10. The lowest BCUT2D eigenvalue weighted by Gasteiger charge is -2.42. The fourth-order valence-corrected chi connectivity index (χ4v) is 6.02. The Balaban J connectivity index is 1.17. The molecular formula is C31H42N4O5. The monoisotopic (exact) mass is 550 g/mol. The Morgan fingerprint density at radius 1 is 1.10 bits per heavy atom. The molecule has 5 rings (SSSR count). The van der Waals surface area contributed by atoms with Gasteiger partial charge < -0.3 is 14.6 Å². The van der Waals surface area contributed by atoms with E-state index in [1.54, 1.807) is 0 Å². The van der Waals surface area contributed by atoms with Crippen LogP contribution in [0.4, 0.5) is 0 Å². The second-order valence-corrected chi connectivity index (χ2v) is 11.5. The smallest absolute Gasteiger partial charge is 0.317 e. The Kier molecular flexibility index (Phi) is 9.49. The predicted octanol–water partition coefficient (Wildman–Crippen LogP) is 3.99. The number of carboxylic acid groups (broad SMARTS) is 1. The molecule has 3 saturated heterocycles. The van der Waals surface area contributed by atoms with Crippen LogP contribution in [0, 0.1) is 0 Å². The number of carbonyl (C=O) groups is 1. The lowest BCUT2D eigenvalue weighted by Crippen LogP contribution is -2.49. The molecular weight excluding hydrogens is 508 g/mol. The van der Waals surface area contributed by atoms with Gasteiger partial charge in [0, 0.05) is 19.5 Å². The molecule has 0 spiro atoms. The summed E-state index contributed by atoms with van der Waals surface area (Å²) in [6, 6.07) is 18.8. The standard InChI is InChI=1S/C31H42N4O5/c1-23-19-35(20-24(2)39-23)32-18-25-8-10-27(11-9-25)29-16-28(40-33-29)17-31(38-22-26-6-4-3-5-7-26)12-14-34(15-13-31)21-30(36)37/h3-11,18,23-24,28-29,33H,12-17,19-22H2,1-2H3,(H,36,37). The number of nitrogens with one attached hydrogen (secondary N) is 1. The average molecular weight is 551 g/mol. The number of piperidine rings is 1. The van der Waals surface area contributed by atoms with Gasteiger partial charge in [-0.15, -0.1) is 0 Å². The Hall–Kier alpha value is -2.82. The first-order valence-corrected chi connectivity index (χ1v) is 14.4. The van der Waals surface area contributed by atoms with Crippen molar-refractivity contribution in [3.63, 3.8) is 0 Å². The number of hydroxylamine groups is 1. The third kappa shape index (κ3) is 7.89. The van der Waals surface area contributed by atoms with E-state index >= 15 is 0 Å². The van der Waals surface area contributed by atoms with Crippen molar-refractivity contribution in [3.05, 3.63) is 71.3 Å². The molecule has 3 fully saturated rings. The first kappa shape index (κ1) is 28.7. The maximum atomic E-state index is 11.2. The number of aliphatic carboxylic acids is 1. The van der Waals surface area contributed by atoms with E-state index in [9.17, 15) is 9.90 Å². The number of nitrogens with zero attached hydrogens (tertiary/aromatic N) is 3. The molecule has 9 nitrogen and oxygen atoms in total. The fourth-order valence-electron chi connectivity index (χ4n) is 6.02. The van der Waals surface area contributed by atoms with Crippen LogP contribution in [0.3, 0.4) is 0 Å². The van der Waals surface area contributed by atoms with Gasteiger partial charge in [0.2, 0.25) is 0 Å². The van der Waals surface area contributed by atoms with Crippen LogP contribution in [0.15, 0.2) is 59.7 Å². The highest BCUT2D eigenvalue weighted by molar-refractivity contribution is 5.79. The maximum absolute atomic E-state index is 11.2. The number of carboxylic acids is 1. The molecule has 2 aromatic rings. The van der Waals surface area contributed by atoms with Crippen LogP contribution in [0.2, 0.25) is 0 Å². The number of hydrogen-bond donors (Lipinski definition) is 2. The van der Waals surface area contributed by atoms with Crippen molar-refractivity contribution in [1.82, 2.24) is 15.4 Å². The van der Waals surface area contributed by atoms with Crippen molar-refractivity contribution in [1.29, 1.82) is 0 Å². The van der Waals surface area contributed by atoms with Crippen molar-refractivity contribution in [2.75, 3.05) is 32.7 Å². The molecule has 2 aromatic carbocycles. The van der Waals surface area contributed by atoms with E-state index in [4.69, 9.17) is 14.3 Å². The van der Waals surface area contributed by atoms with Gasteiger partial charge in [0.15, 0.2) is 0 Å². The van der Waals surface area contributed by atoms with Crippen LogP contribution in [-0.2, 0) is 25.7 Å². The number of rotatable bonds is 10. The van der Waals surface area contributed by atoms with Crippen LogP contribution in [0.5, 0.6) is 0 Å². The number of benzene rings is 2. The quantitative estimate of drug-likeness (QED) is 0.429. The first-order chi connectivity index (χ1) is 19.4. The largest absolute Gasteiger partial charge is 0.480 e. The number of hydrogen-bond acceptors (Lipinski definition) is 8. The van der Waals surface area contributed by atoms with Crippen molar-refractivity contribution >= 4 is 12.2 Å². The minimum absolute atomic E-state index is 0.0123. The first-order valence-electron chi connectivity index (χ1n) is 14.4. The zero-order valence-corrected chi connectivity index (χ0v) is 23.6. The maximum Gasteiger partial charge on any atom is 0.317 e. The van der Waals surface area contributed by atoms with Crippen molar-refractivity contribution in [2.24, 2.45) is 5.10 Å². The van der Waals surface area contributed by atoms with Gasteiger partial charge >= 0.3 is 5.97 Å². The molecule has 3 heterocycles.